The third-order valence-electron chi connectivity index (χ3n) is 4.93. The van der Waals surface area contributed by atoms with Gasteiger partial charge >= 0.3 is 5.97 Å². The van der Waals surface area contributed by atoms with E-state index in [0.29, 0.717) is 19.3 Å². The molecule has 0 saturated heterocycles. The molecular weight excluding hydrogens is 332 g/mol. The van der Waals surface area contributed by atoms with Gasteiger partial charge < -0.3 is 14.9 Å². The molecule has 0 radical (unpaired) electrons. The summed E-state index contributed by atoms with van der Waals surface area (Å²) in [7, 11) is 1.38. The van der Waals surface area contributed by atoms with Crippen molar-refractivity contribution in [2.75, 3.05) is 7.11 Å². The minimum absolute atomic E-state index is 0.0758. The van der Waals surface area contributed by atoms with E-state index in [1.165, 1.54) is 7.11 Å². The van der Waals surface area contributed by atoms with Gasteiger partial charge in [-0.05, 0) is 25.7 Å². The van der Waals surface area contributed by atoms with E-state index in [2.05, 4.69) is 11.7 Å². The van der Waals surface area contributed by atoms with Gasteiger partial charge in [-0.15, -0.1) is 0 Å². The molecule has 0 heterocycles. The number of ketones is 1. The number of aliphatic hydroxyl groups is 2. The minimum atomic E-state index is -0.667. The molecule has 0 aromatic heterocycles. The predicted octanol–water partition coefficient (Wildman–Crippen LogP) is 3.34. The highest BCUT2D eigenvalue weighted by atomic mass is 16.5. The summed E-state index contributed by atoms with van der Waals surface area (Å²) in [4.78, 5) is 23.2. The molecule has 148 valence electrons. The van der Waals surface area contributed by atoms with Crippen molar-refractivity contribution in [2.24, 2.45) is 11.8 Å². The van der Waals surface area contributed by atoms with Crippen LogP contribution >= 0.6 is 0 Å². The monoisotopic (exact) mass is 366 g/mol. The largest absolute Gasteiger partial charge is 0.469 e. The zero-order chi connectivity index (χ0) is 19.4. The highest BCUT2D eigenvalue weighted by Gasteiger charge is 2.39. The summed E-state index contributed by atoms with van der Waals surface area (Å²) in [5.41, 5.74) is 0. The average molecular weight is 366 g/mol. The average Bonchev–Trinajstić information content (AvgIpc) is 2.89. The Hall–Kier alpha value is -1.46. The highest BCUT2D eigenvalue weighted by Crippen LogP contribution is 2.33. The van der Waals surface area contributed by atoms with Gasteiger partial charge in [-0.25, -0.2) is 0 Å². The van der Waals surface area contributed by atoms with Crippen LogP contribution in [0.4, 0.5) is 0 Å². The number of carbonyl (C=O) groups is 2. The summed E-state index contributed by atoms with van der Waals surface area (Å²) in [5, 5.41) is 20.2. The number of methoxy groups -OCH3 is 1. The second-order valence-electron chi connectivity index (χ2n) is 7.05. The van der Waals surface area contributed by atoms with Gasteiger partial charge in [0.2, 0.25) is 0 Å². The van der Waals surface area contributed by atoms with Crippen molar-refractivity contribution in [1.82, 2.24) is 0 Å². The van der Waals surface area contributed by atoms with Crippen LogP contribution in [-0.4, -0.2) is 41.3 Å². The molecule has 0 aliphatic heterocycles. The first kappa shape index (κ1) is 22.6. The molecule has 0 bridgehead atoms. The third kappa shape index (κ3) is 8.28. The molecule has 5 heteroatoms. The van der Waals surface area contributed by atoms with Crippen molar-refractivity contribution in [3.05, 3.63) is 24.3 Å². The van der Waals surface area contributed by atoms with Crippen LogP contribution in [0.1, 0.15) is 64.7 Å². The fourth-order valence-electron chi connectivity index (χ4n) is 3.31. The number of carbonyl (C=O) groups excluding carboxylic acids is 2. The van der Waals surface area contributed by atoms with E-state index in [1.54, 1.807) is 6.08 Å². The van der Waals surface area contributed by atoms with Crippen LogP contribution in [-0.2, 0) is 14.3 Å². The number of aliphatic hydroxyl groups excluding tert-OH is 2. The van der Waals surface area contributed by atoms with Crippen LogP contribution in [0, 0.1) is 11.8 Å². The molecule has 1 saturated carbocycles. The maximum atomic E-state index is 12.1. The molecular formula is C21H34O5. The van der Waals surface area contributed by atoms with Gasteiger partial charge in [0.05, 0.1) is 19.3 Å². The van der Waals surface area contributed by atoms with Gasteiger partial charge in [-0.1, -0.05) is 50.5 Å². The second-order valence-corrected chi connectivity index (χ2v) is 7.05. The lowest BCUT2D eigenvalue weighted by atomic mass is 9.90. The summed E-state index contributed by atoms with van der Waals surface area (Å²) >= 11 is 0. The zero-order valence-electron chi connectivity index (χ0n) is 16.1. The molecule has 0 aromatic carbocycles. The zero-order valence-corrected chi connectivity index (χ0v) is 16.1. The Labute approximate surface area is 157 Å². The molecule has 0 unspecified atom stereocenters. The van der Waals surface area contributed by atoms with Crippen LogP contribution in [0.3, 0.4) is 0 Å². The predicted molar refractivity (Wildman–Crippen MR) is 102 cm³/mol. The molecule has 2 N–H and O–H groups in total. The van der Waals surface area contributed by atoms with Crippen molar-refractivity contribution < 1.29 is 24.5 Å². The van der Waals surface area contributed by atoms with Gasteiger partial charge in [-0.3, -0.25) is 9.59 Å². The summed E-state index contributed by atoms with van der Waals surface area (Å²) in [5.74, 6) is -0.606. The summed E-state index contributed by atoms with van der Waals surface area (Å²) in [6, 6.07) is 0. The van der Waals surface area contributed by atoms with E-state index in [1.807, 2.05) is 18.2 Å². The van der Waals surface area contributed by atoms with Crippen molar-refractivity contribution in [3.8, 4) is 0 Å². The Morgan fingerprint density at radius 2 is 2.08 bits per heavy atom. The smallest absolute Gasteiger partial charge is 0.305 e. The molecule has 0 aromatic rings. The number of ether oxygens (including phenoxy) is 1. The van der Waals surface area contributed by atoms with Crippen LogP contribution < -0.4 is 0 Å². The van der Waals surface area contributed by atoms with Crippen LogP contribution in [0.15, 0.2) is 24.3 Å². The van der Waals surface area contributed by atoms with Gasteiger partial charge in [0, 0.05) is 24.7 Å². The van der Waals surface area contributed by atoms with Crippen LogP contribution in [0.2, 0.25) is 0 Å². The molecule has 1 rings (SSSR count). The Morgan fingerprint density at radius 3 is 2.77 bits per heavy atom. The normalized spacial score (nSPS) is 24.6. The van der Waals surface area contributed by atoms with Gasteiger partial charge in [0.1, 0.15) is 5.78 Å². The molecule has 1 aliphatic carbocycles. The van der Waals surface area contributed by atoms with Gasteiger partial charge in [0.15, 0.2) is 0 Å². The molecule has 5 nitrogen and oxygen atoms in total. The third-order valence-corrected chi connectivity index (χ3v) is 4.93. The molecule has 1 aliphatic rings. The lowest BCUT2D eigenvalue weighted by molar-refractivity contribution is -0.140. The van der Waals surface area contributed by atoms with Crippen molar-refractivity contribution in [2.45, 2.75) is 76.9 Å². The first-order valence-corrected chi connectivity index (χ1v) is 9.78. The van der Waals surface area contributed by atoms with E-state index in [-0.39, 0.29) is 30.0 Å². The minimum Gasteiger partial charge on any atom is -0.469 e. The topological polar surface area (TPSA) is 83.8 Å². The molecule has 0 spiro atoms. The molecule has 4 atom stereocenters. The fourth-order valence-corrected chi connectivity index (χ4v) is 3.31. The Balaban J connectivity index is 2.46. The number of Topliss-reactive ketones (excluding diaryl/α,β-unsaturated/α-hetero) is 1. The fraction of sp³-hybridized carbons (Fsp3) is 0.714. The number of rotatable bonds is 12. The Morgan fingerprint density at radius 1 is 1.31 bits per heavy atom. The van der Waals surface area contributed by atoms with Crippen molar-refractivity contribution in [1.29, 1.82) is 0 Å². The van der Waals surface area contributed by atoms with E-state index >= 15 is 0 Å². The van der Waals surface area contributed by atoms with Crippen molar-refractivity contribution in [3.63, 3.8) is 0 Å². The molecule has 1 fully saturated rings. The SMILES string of the molecule is CCCCC[C@H](O)/C=C/[C@@H]1[C@H](O)CC(=O)[C@@H]1C/C=C\CCCC(=O)OC. The number of esters is 1. The lowest BCUT2D eigenvalue weighted by Gasteiger charge is -2.16. The van der Waals surface area contributed by atoms with Crippen LogP contribution in [0.25, 0.3) is 0 Å². The first-order chi connectivity index (χ1) is 12.5. The second kappa shape index (κ2) is 12.8. The quantitative estimate of drug-likeness (QED) is 0.314. The van der Waals surface area contributed by atoms with E-state index in [9.17, 15) is 19.8 Å². The van der Waals surface area contributed by atoms with Crippen molar-refractivity contribution >= 4 is 11.8 Å². The number of hydrogen-bond donors (Lipinski definition) is 2. The van der Waals surface area contributed by atoms with E-state index in [0.717, 1.165) is 32.1 Å². The Bertz CT molecular complexity index is 483. The summed E-state index contributed by atoms with van der Waals surface area (Å²) in [6.45, 7) is 2.12. The summed E-state index contributed by atoms with van der Waals surface area (Å²) < 4.78 is 4.59. The number of hydrogen-bond acceptors (Lipinski definition) is 5. The highest BCUT2D eigenvalue weighted by molar-refractivity contribution is 5.84. The van der Waals surface area contributed by atoms with Gasteiger partial charge in [0.25, 0.3) is 0 Å². The summed E-state index contributed by atoms with van der Waals surface area (Å²) in [6.07, 6.45) is 12.8. The first-order valence-electron chi connectivity index (χ1n) is 9.78. The Kier molecular flexibility index (Phi) is 11.1. The number of unbranched alkanes of at least 4 members (excludes halogenated alkanes) is 3. The number of allylic oxidation sites excluding steroid dienone is 2. The molecule has 0 amide bonds. The van der Waals surface area contributed by atoms with Crippen LogP contribution in [0.5, 0.6) is 0 Å². The lowest BCUT2D eigenvalue weighted by Crippen LogP contribution is -2.18. The standard InChI is InChI=1S/C21H34O5/c1-3-4-7-10-16(22)13-14-18-17(19(23)15-20(18)24)11-8-5-6-9-12-21(25)26-2/h5,8,13-14,16-18,20,22,24H,3-4,6-7,9-12,15H2,1-2H3/b8-5-,14-13+/t16-,17+,18-,20+/m0/s1. The van der Waals surface area contributed by atoms with E-state index < -0.39 is 12.2 Å². The maximum absolute atomic E-state index is 12.1. The van der Waals surface area contributed by atoms with E-state index in [4.69, 9.17) is 0 Å². The van der Waals surface area contributed by atoms with Gasteiger partial charge in [-0.2, -0.15) is 0 Å². The maximum Gasteiger partial charge on any atom is 0.305 e. The molecule has 26 heavy (non-hydrogen) atoms.